The molecule has 2 aromatic carbocycles. The van der Waals surface area contributed by atoms with Crippen molar-refractivity contribution in [1.29, 1.82) is 0 Å². The molecule has 0 bridgehead atoms. The fourth-order valence-corrected chi connectivity index (χ4v) is 5.51. The summed E-state index contributed by atoms with van der Waals surface area (Å²) in [6, 6.07) is 17.2. The van der Waals surface area contributed by atoms with Gasteiger partial charge in [-0.3, -0.25) is 14.5 Å². The Kier molecular flexibility index (Phi) is 8.60. The predicted molar refractivity (Wildman–Crippen MR) is 128 cm³/mol. The van der Waals surface area contributed by atoms with E-state index in [0.29, 0.717) is 21.8 Å². The standard InChI is InChI=1S/C23H18N2O4S3.Na/c26-20(19(31)14-9-5-2-6-10-14)24-17-21(27)25-18(23(28)29)15(12-32-22(17)25)11-16(30)13-7-3-1-4-8-13;/h1-10,17,22H,11-12H2,(H,24,26)(H,28,29);/q;+1/p-1/t17?,22-;/m0./s1. The van der Waals surface area contributed by atoms with Crippen LogP contribution in [-0.2, 0) is 14.4 Å². The Morgan fingerprint density at radius 2 is 1.61 bits per heavy atom. The zero-order valence-electron chi connectivity index (χ0n) is 17.6. The number of nitrogens with one attached hydrogen (secondary N) is 1. The van der Waals surface area contributed by atoms with Gasteiger partial charge in [0.25, 0.3) is 11.8 Å². The summed E-state index contributed by atoms with van der Waals surface area (Å²) in [5.41, 5.74) is 1.77. The molecule has 4 rings (SSSR count). The SMILES string of the molecule is O=C([O-])C1=C(CC(=S)c2ccccc2)CS[C@H]2C(NC(=O)C(=S)c3ccccc3)C(=O)N12.[Na+]. The van der Waals surface area contributed by atoms with Crippen LogP contribution in [0, 0.1) is 0 Å². The molecule has 0 aliphatic carbocycles. The van der Waals surface area contributed by atoms with Gasteiger partial charge in [0.15, 0.2) is 0 Å². The number of carboxylic acids is 1. The number of β-lactam (4-membered cyclic amide) rings is 1. The second-order valence-corrected chi connectivity index (χ2v) is 9.27. The van der Waals surface area contributed by atoms with Crippen LogP contribution in [0.5, 0.6) is 0 Å². The quantitative estimate of drug-likeness (QED) is 0.215. The summed E-state index contributed by atoms with van der Waals surface area (Å²) in [6.07, 6.45) is 0.237. The average molecular weight is 505 g/mol. The number of thiocarbonyl (C=S) groups is 2. The van der Waals surface area contributed by atoms with Crippen molar-refractivity contribution in [1.82, 2.24) is 10.2 Å². The second-order valence-electron chi connectivity index (χ2n) is 7.26. The molecule has 33 heavy (non-hydrogen) atoms. The number of fused-ring (bicyclic) bond motifs is 1. The Morgan fingerprint density at radius 3 is 2.18 bits per heavy atom. The van der Waals surface area contributed by atoms with Gasteiger partial charge in [-0.1, -0.05) is 85.1 Å². The number of hydrogen-bond donors (Lipinski definition) is 1. The zero-order valence-corrected chi connectivity index (χ0v) is 22.1. The summed E-state index contributed by atoms with van der Waals surface area (Å²) in [4.78, 5) is 39.1. The summed E-state index contributed by atoms with van der Waals surface area (Å²) in [7, 11) is 0. The van der Waals surface area contributed by atoms with Crippen molar-refractivity contribution in [3.05, 3.63) is 83.1 Å². The number of hydrogen-bond acceptors (Lipinski definition) is 7. The number of nitrogens with zero attached hydrogens (tertiary/aromatic N) is 1. The molecule has 0 radical (unpaired) electrons. The smallest absolute Gasteiger partial charge is 0.543 e. The average Bonchev–Trinajstić information content (AvgIpc) is 2.82. The van der Waals surface area contributed by atoms with E-state index >= 15 is 0 Å². The topological polar surface area (TPSA) is 89.5 Å². The van der Waals surface area contributed by atoms with Crippen molar-refractivity contribution in [2.45, 2.75) is 17.8 Å². The number of carbonyl (C=O) groups excluding carboxylic acids is 3. The van der Waals surface area contributed by atoms with E-state index in [1.807, 2.05) is 36.4 Å². The minimum absolute atomic E-state index is 0. The van der Waals surface area contributed by atoms with Gasteiger partial charge in [0.2, 0.25) is 0 Å². The Labute approximate surface area is 228 Å². The normalized spacial score (nSPS) is 19.0. The number of carbonyl (C=O) groups is 3. The zero-order chi connectivity index (χ0) is 22.8. The Balaban J connectivity index is 0.00000306. The van der Waals surface area contributed by atoms with Gasteiger partial charge >= 0.3 is 29.6 Å². The molecule has 1 N–H and O–H groups in total. The van der Waals surface area contributed by atoms with Gasteiger partial charge in [-0.2, -0.15) is 0 Å². The van der Waals surface area contributed by atoms with Crippen LogP contribution < -0.4 is 40.0 Å². The minimum atomic E-state index is -1.43. The van der Waals surface area contributed by atoms with Crippen LogP contribution in [0.25, 0.3) is 0 Å². The predicted octanol–water partition coefficient (Wildman–Crippen LogP) is -1.38. The number of benzene rings is 2. The van der Waals surface area contributed by atoms with Crippen LogP contribution in [0.2, 0.25) is 0 Å². The molecule has 1 saturated heterocycles. The largest absolute Gasteiger partial charge is 1.00 e. The fraction of sp³-hybridized carbons (Fsp3) is 0.174. The molecular weight excluding hydrogens is 487 g/mol. The number of carboxylic acid groups (broad SMARTS) is 1. The third kappa shape index (κ3) is 5.29. The van der Waals surface area contributed by atoms with Crippen molar-refractivity contribution in [3.63, 3.8) is 0 Å². The van der Waals surface area contributed by atoms with Gasteiger partial charge in [-0.25, -0.2) is 0 Å². The minimum Gasteiger partial charge on any atom is -0.543 e. The van der Waals surface area contributed by atoms with Crippen LogP contribution in [0.15, 0.2) is 71.9 Å². The first-order valence-electron chi connectivity index (χ1n) is 9.75. The van der Waals surface area contributed by atoms with E-state index in [1.54, 1.807) is 24.3 Å². The summed E-state index contributed by atoms with van der Waals surface area (Å²) in [5, 5.41) is 14.0. The second kappa shape index (κ2) is 11.0. The molecule has 6 nitrogen and oxygen atoms in total. The maximum absolute atomic E-state index is 12.8. The molecule has 0 saturated carbocycles. The van der Waals surface area contributed by atoms with E-state index in [4.69, 9.17) is 24.4 Å². The van der Waals surface area contributed by atoms with E-state index < -0.39 is 29.2 Å². The van der Waals surface area contributed by atoms with Crippen molar-refractivity contribution in [2.75, 3.05) is 5.75 Å². The number of thioether (sulfide) groups is 1. The molecule has 2 aliphatic rings. The van der Waals surface area contributed by atoms with Crippen molar-refractivity contribution in [3.8, 4) is 0 Å². The van der Waals surface area contributed by atoms with E-state index in [1.165, 1.54) is 16.7 Å². The summed E-state index contributed by atoms with van der Waals surface area (Å²) in [5.74, 6) is -2.12. The molecule has 0 spiro atoms. The van der Waals surface area contributed by atoms with E-state index in [0.717, 1.165) is 5.56 Å². The van der Waals surface area contributed by atoms with Gasteiger partial charge in [0.1, 0.15) is 16.3 Å². The van der Waals surface area contributed by atoms with Gasteiger partial charge in [-0.05, 0) is 16.7 Å². The number of amides is 2. The third-order valence-electron chi connectivity index (χ3n) is 5.24. The fourth-order valence-electron chi connectivity index (χ4n) is 3.65. The molecule has 10 heteroatoms. The van der Waals surface area contributed by atoms with Gasteiger partial charge in [0.05, 0.1) is 11.7 Å². The molecular formula is C23H17N2NaO4S3. The first-order valence-corrected chi connectivity index (χ1v) is 11.6. The molecule has 2 amide bonds. The van der Waals surface area contributed by atoms with Crippen molar-refractivity contribution >= 4 is 63.7 Å². The molecule has 2 aliphatic heterocycles. The van der Waals surface area contributed by atoms with E-state index in [9.17, 15) is 19.5 Å². The summed E-state index contributed by atoms with van der Waals surface area (Å²) < 4.78 is 0. The molecule has 2 heterocycles. The van der Waals surface area contributed by atoms with Crippen LogP contribution in [0.1, 0.15) is 17.5 Å². The first kappa shape index (κ1) is 25.7. The van der Waals surface area contributed by atoms with Crippen LogP contribution in [-0.4, -0.2) is 49.6 Å². The molecule has 2 atom stereocenters. The summed E-state index contributed by atoms with van der Waals surface area (Å²) >= 11 is 12.1. The number of aliphatic carboxylic acids is 1. The van der Waals surface area contributed by atoms with E-state index in [2.05, 4.69) is 5.32 Å². The van der Waals surface area contributed by atoms with Crippen molar-refractivity contribution < 1.29 is 49.0 Å². The third-order valence-corrected chi connectivity index (χ3v) is 7.38. The Hall–Kier alpha value is -1.88. The van der Waals surface area contributed by atoms with Gasteiger partial charge in [-0.15, -0.1) is 11.8 Å². The van der Waals surface area contributed by atoms with Crippen LogP contribution >= 0.6 is 36.2 Å². The number of rotatable bonds is 7. The monoisotopic (exact) mass is 504 g/mol. The first-order chi connectivity index (χ1) is 15.4. The maximum Gasteiger partial charge on any atom is 1.00 e. The molecule has 0 aromatic heterocycles. The van der Waals surface area contributed by atoms with Crippen LogP contribution in [0.3, 0.4) is 0 Å². The summed E-state index contributed by atoms with van der Waals surface area (Å²) in [6.45, 7) is 0. The Bertz CT molecular complexity index is 1150. The molecule has 2 aromatic rings. The van der Waals surface area contributed by atoms with Crippen LogP contribution in [0.4, 0.5) is 0 Å². The molecule has 1 unspecified atom stereocenters. The van der Waals surface area contributed by atoms with Gasteiger partial charge in [0, 0.05) is 17.0 Å². The molecule has 1 fully saturated rings. The van der Waals surface area contributed by atoms with Crippen molar-refractivity contribution in [2.24, 2.45) is 0 Å². The maximum atomic E-state index is 12.8. The van der Waals surface area contributed by atoms with Gasteiger partial charge < -0.3 is 15.2 Å². The van der Waals surface area contributed by atoms with E-state index in [-0.39, 0.29) is 46.5 Å². The Morgan fingerprint density at radius 1 is 1.03 bits per heavy atom. The molecule has 162 valence electrons.